The molecule has 0 saturated heterocycles. The maximum absolute atomic E-state index is 12.5. The van der Waals surface area contributed by atoms with Crippen molar-refractivity contribution < 1.29 is 14.3 Å². The van der Waals surface area contributed by atoms with Crippen LogP contribution in [0, 0.1) is 5.92 Å². The Morgan fingerprint density at radius 1 is 1.29 bits per heavy atom. The highest BCUT2D eigenvalue weighted by molar-refractivity contribution is 5.81. The maximum atomic E-state index is 12.5. The lowest BCUT2D eigenvalue weighted by atomic mass is 10.0. The molecule has 5 heteroatoms. The molecule has 1 saturated carbocycles. The summed E-state index contributed by atoms with van der Waals surface area (Å²) in [6, 6.07) is 6.10. The highest BCUT2D eigenvalue weighted by atomic mass is 16.5. The van der Waals surface area contributed by atoms with E-state index in [0.717, 1.165) is 38.0 Å². The lowest BCUT2D eigenvalue weighted by molar-refractivity contribution is -0.132. The minimum Gasteiger partial charge on any atom is -0.497 e. The topological polar surface area (TPSA) is 58.6 Å². The van der Waals surface area contributed by atoms with E-state index in [1.165, 1.54) is 11.1 Å². The third kappa shape index (κ3) is 4.28. The molecule has 130 valence electrons. The van der Waals surface area contributed by atoms with Gasteiger partial charge in [0.1, 0.15) is 5.75 Å². The van der Waals surface area contributed by atoms with Gasteiger partial charge >= 0.3 is 0 Å². The average Bonchev–Trinajstić information content (AvgIpc) is 3.43. The van der Waals surface area contributed by atoms with Crippen molar-refractivity contribution in [1.82, 2.24) is 10.2 Å². The summed E-state index contributed by atoms with van der Waals surface area (Å²) in [7, 11) is 1.68. The second-order valence-electron chi connectivity index (χ2n) is 6.72. The predicted octanol–water partition coefficient (Wildman–Crippen LogP) is 2.28. The van der Waals surface area contributed by atoms with Gasteiger partial charge in [-0.2, -0.15) is 0 Å². The molecule has 1 N–H and O–H groups in total. The summed E-state index contributed by atoms with van der Waals surface area (Å²) in [5.41, 5.74) is 2.49. The smallest absolute Gasteiger partial charge is 0.223 e. The van der Waals surface area contributed by atoms with Crippen LogP contribution in [0.1, 0.15) is 43.2 Å². The lowest BCUT2D eigenvalue weighted by Crippen LogP contribution is -2.32. The number of hydrogen-bond donors (Lipinski definition) is 1. The van der Waals surface area contributed by atoms with Crippen molar-refractivity contribution in [3.8, 4) is 5.75 Å². The summed E-state index contributed by atoms with van der Waals surface area (Å²) in [4.78, 5) is 26.0. The van der Waals surface area contributed by atoms with Gasteiger partial charge in [-0.15, -0.1) is 0 Å². The number of nitrogens with one attached hydrogen (secondary N) is 1. The Kier molecular flexibility index (Phi) is 5.38. The van der Waals surface area contributed by atoms with Gasteiger partial charge in [-0.05, 0) is 55.4 Å². The molecule has 5 nitrogen and oxygen atoms in total. The second-order valence-corrected chi connectivity index (χ2v) is 6.72. The Morgan fingerprint density at radius 2 is 2.12 bits per heavy atom. The Morgan fingerprint density at radius 3 is 2.88 bits per heavy atom. The molecule has 0 spiro atoms. The highest BCUT2D eigenvalue weighted by Gasteiger charge is 2.29. The second kappa shape index (κ2) is 7.69. The van der Waals surface area contributed by atoms with Crippen LogP contribution in [0.15, 0.2) is 18.2 Å². The first-order chi connectivity index (χ1) is 11.7. The van der Waals surface area contributed by atoms with Crippen molar-refractivity contribution in [3.05, 3.63) is 29.3 Å². The van der Waals surface area contributed by atoms with Gasteiger partial charge in [-0.1, -0.05) is 6.07 Å². The van der Waals surface area contributed by atoms with Crippen LogP contribution < -0.4 is 10.1 Å². The van der Waals surface area contributed by atoms with Crippen molar-refractivity contribution in [2.24, 2.45) is 5.92 Å². The van der Waals surface area contributed by atoms with Crippen molar-refractivity contribution in [3.63, 3.8) is 0 Å². The Hall–Kier alpha value is -2.04. The zero-order chi connectivity index (χ0) is 16.9. The van der Waals surface area contributed by atoms with Crippen molar-refractivity contribution in [1.29, 1.82) is 0 Å². The van der Waals surface area contributed by atoms with E-state index in [-0.39, 0.29) is 17.7 Å². The molecular weight excluding hydrogens is 304 g/mol. The molecule has 1 heterocycles. The number of fused-ring (bicyclic) bond motifs is 1. The quantitative estimate of drug-likeness (QED) is 0.814. The van der Waals surface area contributed by atoms with E-state index in [2.05, 4.69) is 17.4 Å². The lowest BCUT2D eigenvalue weighted by Gasteiger charge is -2.21. The molecule has 1 aromatic rings. The van der Waals surface area contributed by atoms with E-state index in [0.29, 0.717) is 25.9 Å². The van der Waals surface area contributed by atoms with Gasteiger partial charge in [-0.3, -0.25) is 9.59 Å². The minimum atomic E-state index is 0.153. The molecule has 2 aliphatic rings. The summed E-state index contributed by atoms with van der Waals surface area (Å²) >= 11 is 0. The van der Waals surface area contributed by atoms with Gasteiger partial charge in [0.05, 0.1) is 7.11 Å². The Labute approximate surface area is 143 Å². The van der Waals surface area contributed by atoms with Crippen molar-refractivity contribution in [2.45, 2.75) is 45.1 Å². The number of amides is 2. The molecule has 1 aliphatic heterocycles. The first kappa shape index (κ1) is 16.8. The summed E-state index contributed by atoms with van der Waals surface area (Å²) in [6.07, 6.45) is 5.20. The van der Waals surface area contributed by atoms with E-state index in [1.807, 2.05) is 11.0 Å². The monoisotopic (exact) mass is 330 g/mol. The molecule has 1 fully saturated rings. The largest absolute Gasteiger partial charge is 0.497 e. The number of rotatable bonds is 6. The predicted molar refractivity (Wildman–Crippen MR) is 91.7 cm³/mol. The molecule has 0 bridgehead atoms. The summed E-state index contributed by atoms with van der Waals surface area (Å²) in [5, 5.41) is 2.92. The number of aryl methyl sites for hydroxylation is 1. The zero-order valence-electron chi connectivity index (χ0n) is 14.3. The molecule has 1 aliphatic carbocycles. The molecule has 0 aromatic heterocycles. The molecule has 2 amide bonds. The molecule has 0 unspecified atom stereocenters. The van der Waals surface area contributed by atoms with E-state index in [1.54, 1.807) is 7.11 Å². The van der Waals surface area contributed by atoms with Gasteiger partial charge in [0, 0.05) is 32.0 Å². The zero-order valence-corrected chi connectivity index (χ0v) is 14.3. The van der Waals surface area contributed by atoms with Crippen LogP contribution in [0.3, 0.4) is 0 Å². The van der Waals surface area contributed by atoms with Crippen molar-refractivity contribution in [2.75, 3.05) is 20.2 Å². The third-order valence-corrected chi connectivity index (χ3v) is 4.82. The Balaban J connectivity index is 1.48. The van der Waals surface area contributed by atoms with Crippen LogP contribution in [-0.4, -0.2) is 36.9 Å². The summed E-state index contributed by atoms with van der Waals surface area (Å²) in [5.74, 6) is 1.44. The number of carbonyl (C=O) groups is 2. The number of hydrogen-bond acceptors (Lipinski definition) is 3. The number of methoxy groups -OCH3 is 1. The average molecular weight is 330 g/mol. The first-order valence-electron chi connectivity index (χ1n) is 8.88. The van der Waals surface area contributed by atoms with Gasteiger partial charge in [0.15, 0.2) is 0 Å². The van der Waals surface area contributed by atoms with Crippen LogP contribution in [-0.2, 0) is 22.6 Å². The molecule has 3 rings (SSSR count). The molecule has 0 radical (unpaired) electrons. The van der Waals surface area contributed by atoms with Gasteiger partial charge in [-0.25, -0.2) is 0 Å². The van der Waals surface area contributed by atoms with E-state index >= 15 is 0 Å². The van der Waals surface area contributed by atoms with Crippen LogP contribution in [0.4, 0.5) is 0 Å². The number of nitrogens with zero attached hydrogens (tertiary/aromatic N) is 1. The number of ether oxygens (including phenoxy) is 1. The van der Waals surface area contributed by atoms with Gasteiger partial charge in [0.25, 0.3) is 0 Å². The van der Waals surface area contributed by atoms with Gasteiger partial charge < -0.3 is 15.0 Å². The minimum absolute atomic E-state index is 0.153. The van der Waals surface area contributed by atoms with E-state index < -0.39 is 0 Å². The third-order valence-electron chi connectivity index (χ3n) is 4.82. The van der Waals surface area contributed by atoms with Crippen LogP contribution in [0.2, 0.25) is 0 Å². The fraction of sp³-hybridized carbons (Fsp3) is 0.579. The molecular formula is C19H26N2O3. The van der Waals surface area contributed by atoms with Crippen LogP contribution >= 0.6 is 0 Å². The van der Waals surface area contributed by atoms with Crippen LogP contribution in [0.25, 0.3) is 0 Å². The maximum Gasteiger partial charge on any atom is 0.223 e. The SMILES string of the molecule is COc1ccc2c(c1)CCCN(C(=O)CCCNC(=O)C1CC1)C2. The number of benzene rings is 1. The summed E-state index contributed by atoms with van der Waals surface area (Å²) in [6.45, 7) is 2.07. The molecule has 1 aromatic carbocycles. The van der Waals surface area contributed by atoms with Crippen LogP contribution in [0.5, 0.6) is 5.75 Å². The van der Waals surface area contributed by atoms with E-state index in [4.69, 9.17) is 4.74 Å². The molecule has 24 heavy (non-hydrogen) atoms. The summed E-state index contributed by atoms with van der Waals surface area (Å²) < 4.78 is 5.29. The highest BCUT2D eigenvalue weighted by Crippen LogP contribution is 2.28. The standard InChI is InChI=1S/C19H26N2O3/c1-24-17-9-8-16-13-21(11-3-4-15(16)12-17)18(22)5-2-10-20-19(23)14-6-7-14/h8-9,12,14H,2-7,10-11,13H2,1H3,(H,20,23). The fourth-order valence-electron chi connectivity index (χ4n) is 3.17. The molecule has 0 atom stereocenters. The Bertz CT molecular complexity index is 611. The first-order valence-corrected chi connectivity index (χ1v) is 8.88. The normalized spacial score (nSPS) is 17.0. The van der Waals surface area contributed by atoms with Crippen molar-refractivity contribution >= 4 is 11.8 Å². The van der Waals surface area contributed by atoms with E-state index in [9.17, 15) is 9.59 Å². The number of carbonyl (C=O) groups excluding carboxylic acids is 2. The fourth-order valence-corrected chi connectivity index (χ4v) is 3.17. The van der Waals surface area contributed by atoms with Gasteiger partial charge in [0.2, 0.25) is 11.8 Å².